The Balaban J connectivity index is 2.58. The van der Waals surface area contributed by atoms with E-state index in [4.69, 9.17) is 11.2 Å². The van der Waals surface area contributed by atoms with Gasteiger partial charge < -0.3 is 20.3 Å². The van der Waals surface area contributed by atoms with Crippen LogP contribution in [-0.4, -0.2) is 46.5 Å². The van der Waals surface area contributed by atoms with Crippen molar-refractivity contribution in [3.8, 4) is 12.3 Å². The lowest BCUT2D eigenvalue weighted by Gasteiger charge is -2.38. The van der Waals surface area contributed by atoms with Crippen LogP contribution in [0.5, 0.6) is 0 Å². The van der Waals surface area contributed by atoms with Crippen LogP contribution in [0.4, 0.5) is 4.79 Å². The number of amides is 3. The summed E-state index contributed by atoms with van der Waals surface area (Å²) in [6, 6.07) is 14.2. The Morgan fingerprint density at radius 2 is 1.58 bits per heavy atom. The average molecular weight is 520 g/mol. The van der Waals surface area contributed by atoms with Crippen LogP contribution in [-0.2, 0) is 20.7 Å². The number of benzene rings is 2. The van der Waals surface area contributed by atoms with E-state index in [1.54, 1.807) is 49.9 Å². The minimum Gasteiger partial charge on any atom is -0.444 e. The third-order valence-electron chi connectivity index (χ3n) is 5.94. The maximum absolute atomic E-state index is 14.3. The summed E-state index contributed by atoms with van der Waals surface area (Å²) in [5, 5.41) is 5.73. The van der Waals surface area contributed by atoms with Crippen molar-refractivity contribution >= 4 is 17.9 Å². The molecule has 3 atom stereocenters. The standard InChI is InChI=1S/C31H41N3O4/c1-9-22(5)34(27(28(35)32-21(3)4)25-18-16-23(10-2)17-19-25)29(36)26(20-24-14-12-11-13-15-24)33-30(37)38-31(6,7)8/h2,11-19,21-22,26-27H,9,20H2,1,3-8H3,(H,32,35)(H,33,37). The van der Waals surface area contributed by atoms with E-state index in [2.05, 4.69) is 16.6 Å². The van der Waals surface area contributed by atoms with Gasteiger partial charge in [-0.05, 0) is 71.2 Å². The Bertz CT molecular complexity index is 1110. The molecular formula is C31H41N3O4. The number of nitrogens with one attached hydrogen (secondary N) is 2. The van der Waals surface area contributed by atoms with Crippen molar-refractivity contribution < 1.29 is 19.1 Å². The first-order valence-electron chi connectivity index (χ1n) is 13.1. The van der Waals surface area contributed by atoms with E-state index < -0.39 is 23.8 Å². The zero-order valence-electron chi connectivity index (χ0n) is 23.6. The molecule has 38 heavy (non-hydrogen) atoms. The molecule has 0 aromatic heterocycles. The first-order valence-corrected chi connectivity index (χ1v) is 13.1. The van der Waals surface area contributed by atoms with Crippen LogP contribution in [0.15, 0.2) is 54.6 Å². The third kappa shape index (κ3) is 8.95. The van der Waals surface area contributed by atoms with Crippen LogP contribution >= 0.6 is 0 Å². The van der Waals surface area contributed by atoms with Crippen LogP contribution in [0.2, 0.25) is 0 Å². The fourth-order valence-electron chi connectivity index (χ4n) is 4.04. The summed E-state index contributed by atoms with van der Waals surface area (Å²) in [5.41, 5.74) is 1.44. The van der Waals surface area contributed by atoms with Crippen molar-refractivity contribution in [2.75, 3.05) is 0 Å². The van der Waals surface area contributed by atoms with Crippen molar-refractivity contribution in [2.45, 2.75) is 91.1 Å². The molecule has 0 heterocycles. The second-order valence-electron chi connectivity index (χ2n) is 10.7. The number of ether oxygens (including phenoxy) is 1. The lowest BCUT2D eigenvalue weighted by molar-refractivity contribution is -0.145. The Labute approximate surface area is 227 Å². The molecule has 0 aliphatic rings. The number of nitrogens with zero attached hydrogens (tertiary/aromatic N) is 1. The van der Waals surface area contributed by atoms with E-state index in [-0.39, 0.29) is 30.3 Å². The molecule has 0 radical (unpaired) electrons. The van der Waals surface area contributed by atoms with Crippen molar-refractivity contribution in [2.24, 2.45) is 0 Å². The summed E-state index contributed by atoms with van der Waals surface area (Å²) in [6.07, 6.45) is 5.68. The molecule has 7 nitrogen and oxygen atoms in total. The molecule has 3 amide bonds. The normalized spacial score (nSPS) is 13.6. The molecule has 2 aromatic rings. The smallest absolute Gasteiger partial charge is 0.408 e. The molecule has 0 saturated heterocycles. The molecule has 0 fully saturated rings. The highest BCUT2D eigenvalue weighted by Gasteiger charge is 2.38. The molecule has 7 heteroatoms. The molecule has 3 unspecified atom stereocenters. The predicted octanol–water partition coefficient (Wildman–Crippen LogP) is 5.00. The maximum Gasteiger partial charge on any atom is 0.408 e. The first-order chi connectivity index (χ1) is 17.9. The lowest BCUT2D eigenvalue weighted by Crippen LogP contribution is -2.56. The summed E-state index contributed by atoms with van der Waals surface area (Å²) < 4.78 is 5.47. The second-order valence-corrected chi connectivity index (χ2v) is 10.7. The number of rotatable bonds is 10. The van der Waals surface area contributed by atoms with Gasteiger partial charge >= 0.3 is 6.09 Å². The van der Waals surface area contributed by atoms with Crippen molar-refractivity contribution in [1.82, 2.24) is 15.5 Å². The van der Waals surface area contributed by atoms with Crippen LogP contribution in [0.1, 0.15) is 77.6 Å². The van der Waals surface area contributed by atoms with Crippen LogP contribution in [0.3, 0.4) is 0 Å². The average Bonchev–Trinajstić information content (AvgIpc) is 2.85. The summed E-state index contributed by atoms with van der Waals surface area (Å²) in [7, 11) is 0. The fourth-order valence-corrected chi connectivity index (χ4v) is 4.04. The van der Waals surface area contributed by atoms with E-state index in [0.717, 1.165) is 5.56 Å². The van der Waals surface area contributed by atoms with Crippen LogP contribution in [0, 0.1) is 12.3 Å². The first kappa shape index (κ1) is 30.4. The Kier molecular flexibility index (Phi) is 10.9. The van der Waals surface area contributed by atoms with Gasteiger partial charge in [0.05, 0.1) is 0 Å². The molecule has 2 aromatic carbocycles. The summed E-state index contributed by atoms with van der Waals surface area (Å²) in [6.45, 7) is 12.9. The second kappa shape index (κ2) is 13.7. The highest BCUT2D eigenvalue weighted by Crippen LogP contribution is 2.27. The van der Waals surface area contributed by atoms with E-state index in [9.17, 15) is 14.4 Å². The van der Waals surface area contributed by atoms with E-state index in [1.807, 2.05) is 58.0 Å². The minimum absolute atomic E-state index is 0.135. The van der Waals surface area contributed by atoms with Gasteiger partial charge in [0.25, 0.3) is 0 Å². The van der Waals surface area contributed by atoms with Crippen LogP contribution < -0.4 is 10.6 Å². The Morgan fingerprint density at radius 3 is 2.08 bits per heavy atom. The van der Waals surface area contributed by atoms with Gasteiger partial charge in [-0.25, -0.2) is 4.79 Å². The largest absolute Gasteiger partial charge is 0.444 e. The Hall–Kier alpha value is -3.79. The molecule has 0 saturated carbocycles. The quantitative estimate of drug-likeness (QED) is 0.433. The lowest BCUT2D eigenvalue weighted by atomic mass is 9.97. The zero-order valence-corrected chi connectivity index (χ0v) is 23.6. The summed E-state index contributed by atoms with van der Waals surface area (Å²) in [4.78, 5) is 42.3. The van der Waals surface area contributed by atoms with Gasteiger partial charge in [-0.15, -0.1) is 6.42 Å². The zero-order chi connectivity index (χ0) is 28.5. The number of hydrogen-bond acceptors (Lipinski definition) is 4. The van der Waals surface area contributed by atoms with E-state index in [1.165, 1.54) is 0 Å². The molecular weight excluding hydrogens is 478 g/mol. The van der Waals surface area contributed by atoms with Gasteiger partial charge in [0.15, 0.2) is 0 Å². The monoisotopic (exact) mass is 519 g/mol. The molecule has 0 bridgehead atoms. The highest BCUT2D eigenvalue weighted by atomic mass is 16.6. The van der Waals surface area contributed by atoms with Gasteiger partial charge in [-0.3, -0.25) is 9.59 Å². The topological polar surface area (TPSA) is 87.7 Å². The highest BCUT2D eigenvalue weighted by molar-refractivity contribution is 5.92. The summed E-state index contributed by atoms with van der Waals surface area (Å²) in [5.74, 6) is 1.90. The maximum atomic E-state index is 14.3. The SMILES string of the molecule is C#Cc1ccc(C(C(=O)NC(C)C)N(C(=O)C(Cc2ccccc2)NC(=O)OC(C)(C)C)C(C)CC)cc1. The molecule has 2 N–H and O–H groups in total. The number of carbonyl (C=O) groups excluding carboxylic acids is 3. The van der Waals surface area contributed by atoms with Gasteiger partial charge in [-0.1, -0.05) is 55.3 Å². The molecule has 2 rings (SSSR count). The fraction of sp³-hybridized carbons (Fsp3) is 0.452. The molecule has 204 valence electrons. The number of alkyl carbamates (subject to hydrolysis) is 1. The van der Waals surface area contributed by atoms with Crippen molar-refractivity contribution in [1.29, 1.82) is 0 Å². The number of carbonyl (C=O) groups is 3. The predicted molar refractivity (Wildman–Crippen MR) is 150 cm³/mol. The summed E-state index contributed by atoms with van der Waals surface area (Å²) >= 11 is 0. The van der Waals surface area contributed by atoms with E-state index >= 15 is 0 Å². The van der Waals surface area contributed by atoms with Crippen molar-refractivity contribution in [3.05, 3.63) is 71.3 Å². The van der Waals surface area contributed by atoms with Gasteiger partial charge in [-0.2, -0.15) is 0 Å². The molecule has 0 aliphatic carbocycles. The van der Waals surface area contributed by atoms with Gasteiger partial charge in [0, 0.05) is 24.1 Å². The molecule has 0 aliphatic heterocycles. The van der Waals surface area contributed by atoms with Gasteiger partial charge in [0.2, 0.25) is 11.8 Å². The number of terminal acetylenes is 1. The molecule has 0 spiro atoms. The van der Waals surface area contributed by atoms with Crippen molar-refractivity contribution in [3.63, 3.8) is 0 Å². The Morgan fingerprint density at radius 1 is 0.974 bits per heavy atom. The minimum atomic E-state index is -0.958. The van der Waals surface area contributed by atoms with Gasteiger partial charge in [0.1, 0.15) is 17.7 Å². The number of hydrogen-bond donors (Lipinski definition) is 2. The van der Waals surface area contributed by atoms with E-state index in [0.29, 0.717) is 17.5 Å². The van der Waals surface area contributed by atoms with Crippen LogP contribution in [0.25, 0.3) is 0 Å². The third-order valence-corrected chi connectivity index (χ3v) is 5.94.